The molecule has 5 heteroatoms. The molecule has 4 nitrogen and oxygen atoms in total. The van der Waals surface area contributed by atoms with E-state index in [1.54, 1.807) is 6.07 Å². The highest BCUT2D eigenvalue weighted by atomic mass is 79.9. The van der Waals surface area contributed by atoms with Crippen molar-refractivity contribution in [2.24, 2.45) is 5.73 Å². The fourth-order valence-electron chi connectivity index (χ4n) is 0.987. The molecule has 1 rings (SSSR count). The maximum atomic E-state index is 10.7. The summed E-state index contributed by atoms with van der Waals surface area (Å²) < 4.78 is 0.819. The van der Waals surface area contributed by atoms with E-state index in [0.717, 1.165) is 10.2 Å². The van der Waals surface area contributed by atoms with Gasteiger partial charge in [0, 0.05) is 16.7 Å². The molecule has 0 aliphatic heterocycles. The molecule has 4 N–H and O–H groups in total. The molecule has 0 saturated carbocycles. The number of para-hydroxylation sites is 1. The summed E-state index contributed by atoms with van der Waals surface area (Å²) in [6.07, 6.45) is 0. The van der Waals surface area contributed by atoms with Crippen LogP contribution in [0.2, 0.25) is 0 Å². The summed E-state index contributed by atoms with van der Waals surface area (Å²) in [4.78, 5) is 10.7. The number of halogens is 1. The van der Waals surface area contributed by atoms with Gasteiger partial charge in [-0.3, -0.25) is 0 Å². The van der Waals surface area contributed by atoms with Gasteiger partial charge in [-0.1, -0.05) is 12.1 Å². The Labute approximate surface area is 90.2 Å². The third-order valence-electron chi connectivity index (χ3n) is 1.74. The lowest BCUT2D eigenvalue weighted by Gasteiger charge is -2.14. The van der Waals surface area contributed by atoms with Crippen molar-refractivity contribution in [3.8, 4) is 0 Å². The molecule has 1 aromatic carbocycles. The lowest BCUT2D eigenvalue weighted by Crippen LogP contribution is -2.36. The minimum atomic E-state index is -0.955. The molecule has 0 saturated heterocycles. The van der Waals surface area contributed by atoms with Gasteiger partial charge in [0.1, 0.15) is 6.04 Å². The van der Waals surface area contributed by atoms with Crippen molar-refractivity contribution in [2.75, 3.05) is 11.9 Å². The summed E-state index contributed by atoms with van der Waals surface area (Å²) in [6.45, 7) is 0.0522. The Bertz CT molecular complexity index is 330. The zero-order chi connectivity index (χ0) is 10.6. The van der Waals surface area contributed by atoms with E-state index in [-0.39, 0.29) is 6.54 Å². The number of nitrogens with two attached hydrogens (primary N) is 1. The van der Waals surface area contributed by atoms with Crippen LogP contribution in [-0.4, -0.2) is 23.7 Å². The van der Waals surface area contributed by atoms with E-state index in [1.165, 1.54) is 0 Å². The van der Waals surface area contributed by atoms with Crippen LogP contribution < -0.4 is 11.1 Å². The highest BCUT2D eigenvalue weighted by Crippen LogP contribution is 2.21. The monoisotopic (exact) mass is 258 g/mol. The van der Waals surface area contributed by atoms with Crippen molar-refractivity contribution in [1.82, 2.24) is 0 Å². The van der Waals surface area contributed by atoms with E-state index in [9.17, 15) is 4.79 Å². The lowest BCUT2D eigenvalue weighted by atomic mass is 10.2. The average Bonchev–Trinajstić information content (AvgIpc) is 2.16. The highest BCUT2D eigenvalue weighted by molar-refractivity contribution is 9.10. The molecule has 0 spiro atoms. The molecule has 1 atom stereocenters. The molecule has 1 aromatic rings. The summed E-state index contributed by atoms with van der Waals surface area (Å²) in [5, 5.41) is 11.6. The number of hydrogen-bond acceptors (Lipinski definition) is 3. The number of aliphatic carboxylic acids is 1. The summed E-state index contributed by atoms with van der Waals surface area (Å²) in [5.41, 5.74) is 6.04. The summed E-state index contributed by atoms with van der Waals surface area (Å²) in [7, 11) is 0. The Balaban J connectivity index is 2.77. The normalized spacial score (nSPS) is 12.1. The Kier molecular flexibility index (Phi) is 3.91. The fourth-order valence-corrected chi connectivity index (χ4v) is 1.39. The topological polar surface area (TPSA) is 75.3 Å². The van der Waals surface area contributed by atoms with Crippen LogP contribution in [0.15, 0.2) is 28.7 Å². The maximum absolute atomic E-state index is 10.7. The SMILES string of the molecule is NCC(Nc1ccccc1Br)C(=O)O. The second-order valence-corrected chi connectivity index (χ2v) is 3.61. The molecule has 0 fully saturated rings. The number of carboxylic acids is 1. The second kappa shape index (κ2) is 4.97. The van der Waals surface area contributed by atoms with Gasteiger partial charge in [0.15, 0.2) is 0 Å². The Morgan fingerprint density at radius 2 is 2.21 bits per heavy atom. The second-order valence-electron chi connectivity index (χ2n) is 2.75. The first-order chi connectivity index (χ1) is 6.65. The Morgan fingerprint density at radius 3 is 2.71 bits per heavy atom. The van der Waals surface area contributed by atoms with Crippen LogP contribution >= 0.6 is 15.9 Å². The molecule has 0 aliphatic rings. The molecular formula is C9H11BrN2O2. The minimum absolute atomic E-state index is 0.0522. The molecule has 76 valence electrons. The number of anilines is 1. The lowest BCUT2D eigenvalue weighted by molar-refractivity contribution is -0.137. The van der Waals surface area contributed by atoms with Gasteiger partial charge in [0.05, 0.1) is 0 Å². The minimum Gasteiger partial charge on any atom is -0.480 e. The first kappa shape index (κ1) is 11.0. The number of carbonyl (C=O) groups is 1. The predicted octanol–water partition coefficient (Wildman–Crippen LogP) is 1.27. The van der Waals surface area contributed by atoms with Crippen LogP contribution in [0.1, 0.15) is 0 Å². The van der Waals surface area contributed by atoms with Crippen molar-refractivity contribution in [3.05, 3.63) is 28.7 Å². The van der Waals surface area contributed by atoms with E-state index >= 15 is 0 Å². The van der Waals surface area contributed by atoms with Gasteiger partial charge < -0.3 is 16.2 Å². The molecule has 0 aromatic heterocycles. The van der Waals surface area contributed by atoms with Crippen LogP contribution in [0.3, 0.4) is 0 Å². The van der Waals surface area contributed by atoms with Crippen molar-refractivity contribution in [1.29, 1.82) is 0 Å². The molecule has 0 bridgehead atoms. The molecule has 14 heavy (non-hydrogen) atoms. The van der Waals surface area contributed by atoms with Crippen LogP contribution in [0.25, 0.3) is 0 Å². The van der Waals surface area contributed by atoms with E-state index in [1.807, 2.05) is 18.2 Å². The third kappa shape index (κ3) is 2.71. The van der Waals surface area contributed by atoms with Crippen LogP contribution in [-0.2, 0) is 4.79 Å². The summed E-state index contributed by atoms with van der Waals surface area (Å²) in [6, 6.07) is 6.54. The Hall–Kier alpha value is -1.07. The summed E-state index contributed by atoms with van der Waals surface area (Å²) >= 11 is 3.31. The molecule has 0 amide bonds. The number of rotatable bonds is 4. The van der Waals surface area contributed by atoms with E-state index in [2.05, 4.69) is 21.2 Å². The van der Waals surface area contributed by atoms with Crippen LogP contribution in [0.5, 0.6) is 0 Å². The van der Waals surface area contributed by atoms with Gasteiger partial charge in [-0.2, -0.15) is 0 Å². The molecular weight excluding hydrogens is 248 g/mol. The third-order valence-corrected chi connectivity index (χ3v) is 2.43. The van der Waals surface area contributed by atoms with Gasteiger partial charge >= 0.3 is 5.97 Å². The van der Waals surface area contributed by atoms with Gasteiger partial charge in [0.25, 0.3) is 0 Å². The standard InChI is InChI=1S/C9H11BrN2O2/c10-6-3-1-2-4-7(6)12-8(5-11)9(13)14/h1-4,8,12H,5,11H2,(H,13,14). The molecule has 0 aliphatic carbocycles. The maximum Gasteiger partial charge on any atom is 0.327 e. The highest BCUT2D eigenvalue weighted by Gasteiger charge is 2.15. The zero-order valence-electron chi connectivity index (χ0n) is 7.40. The number of carboxylic acid groups (broad SMARTS) is 1. The van der Waals surface area contributed by atoms with E-state index < -0.39 is 12.0 Å². The quantitative estimate of drug-likeness (QED) is 0.761. The van der Waals surface area contributed by atoms with Crippen molar-refractivity contribution in [2.45, 2.75) is 6.04 Å². The molecule has 0 radical (unpaired) electrons. The number of nitrogens with one attached hydrogen (secondary N) is 1. The van der Waals surface area contributed by atoms with Gasteiger partial charge in [-0.25, -0.2) is 4.79 Å². The predicted molar refractivity (Wildman–Crippen MR) is 58.2 cm³/mol. The Morgan fingerprint density at radius 1 is 1.57 bits per heavy atom. The number of hydrogen-bond donors (Lipinski definition) is 3. The van der Waals surface area contributed by atoms with Crippen molar-refractivity contribution < 1.29 is 9.90 Å². The first-order valence-electron chi connectivity index (χ1n) is 4.09. The van der Waals surface area contributed by atoms with E-state index in [0.29, 0.717) is 0 Å². The van der Waals surface area contributed by atoms with E-state index in [4.69, 9.17) is 10.8 Å². The van der Waals surface area contributed by atoms with Crippen LogP contribution in [0.4, 0.5) is 5.69 Å². The van der Waals surface area contributed by atoms with Gasteiger partial charge in [0.2, 0.25) is 0 Å². The fraction of sp³-hybridized carbons (Fsp3) is 0.222. The van der Waals surface area contributed by atoms with Crippen LogP contribution in [0, 0.1) is 0 Å². The van der Waals surface area contributed by atoms with Gasteiger partial charge in [-0.05, 0) is 28.1 Å². The largest absolute Gasteiger partial charge is 0.480 e. The summed E-state index contributed by atoms with van der Waals surface area (Å²) in [5.74, 6) is -0.955. The van der Waals surface area contributed by atoms with Crippen molar-refractivity contribution >= 4 is 27.6 Å². The molecule has 0 heterocycles. The first-order valence-corrected chi connectivity index (χ1v) is 4.88. The zero-order valence-corrected chi connectivity index (χ0v) is 8.99. The molecule has 1 unspecified atom stereocenters. The van der Waals surface area contributed by atoms with Crippen molar-refractivity contribution in [3.63, 3.8) is 0 Å². The smallest absolute Gasteiger partial charge is 0.327 e. The number of benzene rings is 1. The van der Waals surface area contributed by atoms with Gasteiger partial charge in [-0.15, -0.1) is 0 Å². The average molecular weight is 259 g/mol.